The van der Waals surface area contributed by atoms with Gasteiger partial charge < -0.3 is 12.4 Å². The maximum Gasteiger partial charge on any atom is 0.133 e. The number of halogens is 1. The molecule has 0 bridgehead atoms. The fraction of sp³-hybridized carbons (Fsp3) is 0.760. The number of benzene rings is 1. The second-order valence-electron chi connectivity index (χ2n) is 7.91. The average molecular weight is 413 g/mol. The van der Waals surface area contributed by atoms with E-state index >= 15 is 0 Å². The van der Waals surface area contributed by atoms with Crippen molar-refractivity contribution in [3.63, 3.8) is 0 Å². The molecule has 0 spiro atoms. The Morgan fingerprint density at radius 1 is 0.556 bits per heavy atom. The molecule has 0 nitrogen and oxygen atoms in total. The lowest BCUT2D eigenvalue weighted by molar-refractivity contribution is -0.00000578. The Hall–Kier alpha value is -0.140. The summed E-state index contributed by atoms with van der Waals surface area (Å²) < 4.78 is 0. The molecule has 0 aliphatic heterocycles. The van der Waals surface area contributed by atoms with E-state index in [9.17, 15) is 0 Å². The predicted octanol–water partition coefficient (Wildman–Crippen LogP) is 5.09. The van der Waals surface area contributed by atoms with Crippen LogP contribution in [-0.2, 0) is 23.1 Å². The van der Waals surface area contributed by atoms with E-state index in [-0.39, 0.29) is 12.4 Å². The summed E-state index contributed by atoms with van der Waals surface area (Å²) in [5.74, 6) is 4.13. The minimum absolute atomic E-state index is 0. The van der Waals surface area contributed by atoms with E-state index in [4.69, 9.17) is 0 Å². The van der Waals surface area contributed by atoms with Gasteiger partial charge in [0.1, 0.15) is 17.3 Å². The average Bonchev–Trinajstić information content (AvgIpc) is 2.65. The van der Waals surface area contributed by atoms with Gasteiger partial charge in [0, 0.05) is 5.56 Å². The maximum absolute atomic E-state index is 2.40. The Kier molecular flexibility index (Phi) is 19.1. The van der Waals surface area contributed by atoms with Gasteiger partial charge in [-0.25, -0.2) is 0 Å². The zero-order valence-corrected chi connectivity index (χ0v) is 20.0. The van der Waals surface area contributed by atoms with E-state index in [2.05, 4.69) is 45.0 Å². The van der Waals surface area contributed by atoms with Gasteiger partial charge >= 0.3 is 0 Å². The van der Waals surface area contributed by atoms with Crippen molar-refractivity contribution in [2.75, 3.05) is 11.5 Å². The van der Waals surface area contributed by atoms with Crippen LogP contribution in [0.5, 0.6) is 0 Å². The highest BCUT2D eigenvalue weighted by Crippen LogP contribution is 2.15. The quantitative estimate of drug-likeness (QED) is 0.247. The molecule has 0 radical (unpaired) electrons. The Balaban J connectivity index is 0.00000676. The Morgan fingerprint density at radius 2 is 1.00 bits per heavy atom. The lowest BCUT2D eigenvalue weighted by Crippen LogP contribution is -3.00. The Morgan fingerprint density at radius 3 is 1.48 bits per heavy atom. The topological polar surface area (TPSA) is 0 Å². The standard InChI is InChI=1S/C25H45S.ClH/c1-4-7-8-9-10-11-12-13-14-15-16-24-17-19-25(20-18-24)23-26(21-5-2)22-6-3;/h17-20H,4-16,21-23H2,1-3H3;1H/q+1;/p-1. The molecule has 0 fully saturated rings. The normalized spacial score (nSPS) is 11.0. The molecular formula is C25H45ClS. The molecule has 0 heterocycles. The van der Waals surface area contributed by atoms with E-state index in [0.29, 0.717) is 10.9 Å². The molecule has 1 aromatic rings. The van der Waals surface area contributed by atoms with Gasteiger partial charge in [0.25, 0.3) is 0 Å². The first-order valence-corrected chi connectivity index (χ1v) is 13.2. The van der Waals surface area contributed by atoms with Crippen molar-refractivity contribution in [2.45, 2.75) is 110 Å². The summed E-state index contributed by atoms with van der Waals surface area (Å²) in [6.07, 6.45) is 18.2. The third-order valence-electron chi connectivity index (χ3n) is 5.20. The van der Waals surface area contributed by atoms with Crippen molar-refractivity contribution in [2.24, 2.45) is 0 Å². The molecule has 0 atom stereocenters. The predicted molar refractivity (Wildman–Crippen MR) is 123 cm³/mol. The van der Waals surface area contributed by atoms with Crippen LogP contribution in [0, 0.1) is 0 Å². The number of aryl methyl sites for hydroxylation is 1. The molecule has 2 heteroatoms. The molecule has 0 aromatic heterocycles. The first-order chi connectivity index (χ1) is 12.8. The van der Waals surface area contributed by atoms with Crippen LogP contribution >= 0.6 is 0 Å². The van der Waals surface area contributed by atoms with E-state index in [1.54, 1.807) is 11.1 Å². The fourth-order valence-corrected chi connectivity index (χ4v) is 5.99. The van der Waals surface area contributed by atoms with Crippen LogP contribution < -0.4 is 12.4 Å². The highest BCUT2D eigenvalue weighted by molar-refractivity contribution is 7.96. The zero-order valence-electron chi connectivity index (χ0n) is 18.4. The summed E-state index contributed by atoms with van der Waals surface area (Å²) in [6.45, 7) is 6.94. The molecule has 27 heavy (non-hydrogen) atoms. The summed E-state index contributed by atoms with van der Waals surface area (Å²) in [4.78, 5) is 0. The number of hydrogen-bond donors (Lipinski definition) is 0. The minimum Gasteiger partial charge on any atom is -1.00 e. The van der Waals surface area contributed by atoms with Gasteiger partial charge in [-0.3, -0.25) is 0 Å². The second-order valence-corrected chi connectivity index (χ2v) is 10.2. The smallest absolute Gasteiger partial charge is 0.133 e. The first kappa shape index (κ1) is 26.9. The summed E-state index contributed by atoms with van der Waals surface area (Å²) in [7, 11) is 0.605. The molecule has 0 N–H and O–H groups in total. The van der Waals surface area contributed by atoms with E-state index in [1.165, 1.54) is 101 Å². The third kappa shape index (κ3) is 14.5. The molecule has 1 aromatic carbocycles. The van der Waals surface area contributed by atoms with Gasteiger partial charge in [-0.05, 0) is 42.1 Å². The largest absolute Gasteiger partial charge is 1.00 e. The molecule has 158 valence electrons. The van der Waals surface area contributed by atoms with Crippen molar-refractivity contribution in [3.05, 3.63) is 35.4 Å². The van der Waals surface area contributed by atoms with E-state index in [0.717, 1.165) is 0 Å². The number of rotatable bonds is 17. The zero-order chi connectivity index (χ0) is 18.9. The summed E-state index contributed by atoms with van der Waals surface area (Å²) in [5.41, 5.74) is 3.10. The number of unbranched alkanes of at least 4 members (excludes halogenated alkanes) is 9. The number of hydrogen-bond acceptors (Lipinski definition) is 0. The second kappa shape index (κ2) is 19.2. The van der Waals surface area contributed by atoms with E-state index < -0.39 is 0 Å². The monoisotopic (exact) mass is 412 g/mol. The van der Waals surface area contributed by atoms with Crippen molar-refractivity contribution >= 4 is 10.9 Å². The molecule has 0 unspecified atom stereocenters. The molecule has 0 aliphatic carbocycles. The summed E-state index contributed by atoms with van der Waals surface area (Å²) >= 11 is 0. The van der Waals surface area contributed by atoms with Crippen LogP contribution in [0.1, 0.15) is 109 Å². The van der Waals surface area contributed by atoms with Gasteiger partial charge in [-0.1, -0.05) is 103 Å². The van der Waals surface area contributed by atoms with Crippen LogP contribution in [-0.4, -0.2) is 11.5 Å². The van der Waals surface area contributed by atoms with E-state index in [1.807, 2.05) is 0 Å². The van der Waals surface area contributed by atoms with Crippen LogP contribution in [0.15, 0.2) is 24.3 Å². The highest BCUT2D eigenvalue weighted by Gasteiger charge is 2.16. The molecule has 0 saturated heterocycles. The lowest BCUT2D eigenvalue weighted by Gasteiger charge is -2.08. The lowest BCUT2D eigenvalue weighted by atomic mass is 10.0. The summed E-state index contributed by atoms with van der Waals surface area (Å²) in [6, 6.07) is 9.58. The molecule has 1 rings (SSSR count). The van der Waals surface area contributed by atoms with Crippen LogP contribution in [0.4, 0.5) is 0 Å². The van der Waals surface area contributed by atoms with Crippen LogP contribution in [0.2, 0.25) is 0 Å². The SMILES string of the molecule is CCCCCCCCCCCCc1ccc(C[S+](CCC)CCC)cc1.[Cl-]. The van der Waals surface area contributed by atoms with Gasteiger partial charge in [0.15, 0.2) is 0 Å². The van der Waals surface area contributed by atoms with Gasteiger partial charge in [0.2, 0.25) is 0 Å². The Labute approximate surface area is 180 Å². The van der Waals surface area contributed by atoms with Gasteiger partial charge in [-0.15, -0.1) is 0 Å². The van der Waals surface area contributed by atoms with Crippen molar-refractivity contribution < 1.29 is 12.4 Å². The molecular weight excluding hydrogens is 368 g/mol. The highest BCUT2D eigenvalue weighted by atomic mass is 35.5. The van der Waals surface area contributed by atoms with Crippen LogP contribution in [0.3, 0.4) is 0 Å². The Bertz CT molecular complexity index is 409. The molecule has 0 amide bonds. The van der Waals surface area contributed by atoms with Crippen molar-refractivity contribution in [1.82, 2.24) is 0 Å². The van der Waals surface area contributed by atoms with Gasteiger partial charge in [-0.2, -0.15) is 0 Å². The third-order valence-corrected chi connectivity index (χ3v) is 7.91. The van der Waals surface area contributed by atoms with Gasteiger partial charge in [0.05, 0.1) is 0 Å². The maximum atomic E-state index is 2.40. The van der Waals surface area contributed by atoms with Crippen molar-refractivity contribution in [3.8, 4) is 0 Å². The minimum atomic E-state index is 0. The molecule has 0 aliphatic rings. The fourth-order valence-electron chi connectivity index (χ4n) is 3.68. The van der Waals surface area contributed by atoms with Crippen molar-refractivity contribution in [1.29, 1.82) is 0 Å². The van der Waals surface area contributed by atoms with Crippen LogP contribution in [0.25, 0.3) is 0 Å². The molecule has 0 saturated carbocycles. The summed E-state index contributed by atoms with van der Waals surface area (Å²) in [5, 5.41) is 0. The first-order valence-electron chi connectivity index (χ1n) is 11.5.